The van der Waals surface area contributed by atoms with Gasteiger partial charge in [-0.15, -0.1) is 22.9 Å². The van der Waals surface area contributed by atoms with Crippen molar-refractivity contribution in [2.75, 3.05) is 0 Å². The molecule has 0 aliphatic heterocycles. The largest absolute Gasteiger partial charge is 0.264 e. The molecule has 2 nitrogen and oxygen atoms in total. The molecular formula is C10H9ClN2S. The van der Waals surface area contributed by atoms with E-state index >= 15 is 0 Å². The van der Waals surface area contributed by atoms with E-state index in [0.717, 1.165) is 16.3 Å². The third-order valence-electron chi connectivity index (χ3n) is 1.89. The minimum absolute atomic E-state index is 0.478. The standard InChI is InChI=1S/C10H9ClN2S/c1-7-10(13-9(5-11)14-7)8-3-2-4-12-6-8/h2-4,6H,5H2,1H3. The zero-order valence-corrected chi connectivity index (χ0v) is 9.27. The van der Waals surface area contributed by atoms with Crippen LogP contribution in [0.15, 0.2) is 24.5 Å². The van der Waals surface area contributed by atoms with Crippen LogP contribution >= 0.6 is 22.9 Å². The Morgan fingerprint density at radius 1 is 1.50 bits per heavy atom. The molecule has 2 aromatic rings. The lowest BCUT2D eigenvalue weighted by Gasteiger charge is -1.95. The third kappa shape index (κ3) is 1.79. The fourth-order valence-corrected chi connectivity index (χ4v) is 2.31. The van der Waals surface area contributed by atoms with Gasteiger partial charge in [-0.3, -0.25) is 4.98 Å². The zero-order chi connectivity index (χ0) is 9.97. The van der Waals surface area contributed by atoms with Crippen LogP contribution in [0.25, 0.3) is 11.3 Å². The number of nitrogens with zero attached hydrogens (tertiary/aromatic N) is 2. The zero-order valence-electron chi connectivity index (χ0n) is 7.70. The van der Waals surface area contributed by atoms with Gasteiger partial charge in [0.15, 0.2) is 0 Å². The fraction of sp³-hybridized carbons (Fsp3) is 0.200. The predicted molar refractivity (Wildman–Crippen MR) is 59.6 cm³/mol. The van der Waals surface area contributed by atoms with Crippen LogP contribution in [0, 0.1) is 6.92 Å². The van der Waals surface area contributed by atoms with Gasteiger partial charge in [0.1, 0.15) is 5.01 Å². The van der Waals surface area contributed by atoms with Gasteiger partial charge in [0.05, 0.1) is 11.6 Å². The van der Waals surface area contributed by atoms with Crippen LogP contribution in [0.5, 0.6) is 0 Å². The van der Waals surface area contributed by atoms with E-state index in [9.17, 15) is 0 Å². The lowest BCUT2D eigenvalue weighted by atomic mass is 10.2. The average Bonchev–Trinajstić information content (AvgIpc) is 2.61. The molecule has 2 heterocycles. The molecule has 14 heavy (non-hydrogen) atoms. The summed E-state index contributed by atoms with van der Waals surface area (Å²) in [4.78, 5) is 9.70. The van der Waals surface area contributed by atoms with Crippen molar-refractivity contribution in [2.45, 2.75) is 12.8 Å². The van der Waals surface area contributed by atoms with E-state index < -0.39 is 0 Å². The topological polar surface area (TPSA) is 25.8 Å². The molecule has 0 spiro atoms. The Balaban J connectivity index is 2.46. The van der Waals surface area contributed by atoms with E-state index in [0.29, 0.717) is 5.88 Å². The average molecular weight is 225 g/mol. The van der Waals surface area contributed by atoms with Gasteiger partial charge < -0.3 is 0 Å². The molecule has 2 aromatic heterocycles. The van der Waals surface area contributed by atoms with Crippen LogP contribution in [-0.2, 0) is 5.88 Å². The molecule has 0 aliphatic rings. The maximum Gasteiger partial charge on any atom is 0.108 e. The normalized spacial score (nSPS) is 10.4. The highest BCUT2D eigenvalue weighted by Crippen LogP contribution is 2.27. The summed E-state index contributed by atoms with van der Waals surface area (Å²) in [7, 11) is 0. The van der Waals surface area contributed by atoms with Gasteiger partial charge in [0, 0.05) is 22.8 Å². The summed E-state index contributed by atoms with van der Waals surface area (Å²) in [6, 6.07) is 3.92. The third-order valence-corrected chi connectivity index (χ3v) is 3.27. The predicted octanol–water partition coefficient (Wildman–Crippen LogP) is 3.25. The lowest BCUT2D eigenvalue weighted by Crippen LogP contribution is -1.82. The summed E-state index contributed by atoms with van der Waals surface area (Å²) >= 11 is 7.37. The Morgan fingerprint density at radius 2 is 2.36 bits per heavy atom. The van der Waals surface area contributed by atoms with Crippen molar-refractivity contribution >= 4 is 22.9 Å². The van der Waals surface area contributed by atoms with E-state index in [2.05, 4.69) is 16.9 Å². The molecular weight excluding hydrogens is 216 g/mol. The van der Waals surface area contributed by atoms with E-state index in [1.807, 2.05) is 18.3 Å². The summed E-state index contributed by atoms with van der Waals surface area (Å²) in [5, 5.41) is 0.961. The summed E-state index contributed by atoms with van der Waals surface area (Å²) in [5.74, 6) is 0.478. The van der Waals surface area contributed by atoms with Crippen molar-refractivity contribution < 1.29 is 0 Å². The molecule has 0 aromatic carbocycles. The van der Waals surface area contributed by atoms with Crippen LogP contribution in [0.4, 0.5) is 0 Å². The summed E-state index contributed by atoms with van der Waals surface area (Å²) in [6.07, 6.45) is 3.58. The van der Waals surface area contributed by atoms with Crippen LogP contribution in [-0.4, -0.2) is 9.97 Å². The molecule has 0 unspecified atom stereocenters. The molecule has 0 amide bonds. The van der Waals surface area contributed by atoms with E-state index in [1.54, 1.807) is 17.5 Å². The summed E-state index contributed by atoms with van der Waals surface area (Å²) < 4.78 is 0. The minimum Gasteiger partial charge on any atom is -0.264 e. The van der Waals surface area contributed by atoms with Crippen LogP contribution in [0.1, 0.15) is 9.88 Å². The van der Waals surface area contributed by atoms with E-state index in [1.165, 1.54) is 4.88 Å². The molecule has 2 rings (SSSR count). The first-order valence-electron chi connectivity index (χ1n) is 4.24. The minimum atomic E-state index is 0.478. The van der Waals surface area contributed by atoms with Gasteiger partial charge in [0.25, 0.3) is 0 Å². The molecule has 0 aliphatic carbocycles. The summed E-state index contributed by atoms with van der Waals surface area (Å²) in [6.45, 7) is 2.05. The number of hydrogen-bond acceptors (Lipinski definition) is 3. The molecule has 72 valence electrons. The van der Waals surface area contributed by atoms with Crippen molar-refractivity contribution in [1.29, 1.82) is 0 Å². The van der Waals surface area contributed by atoms with Gasteiger partial charge in [-0.05, 0) is 19.1 Å². The van der Waals surface area contributed by atoms with Crippen molar-refractivity contribution in [3.63, 3.8) is 0 Å². The summed E-state index contributed by atoms with van der Waals surface area (Å²) in [5.41, 5.74) is 2.05. The first-order chi connectivity index (χ1) is 6.81. The molecule has 0 saturated carbocycles. The number of hydrogen-bond donors (Lipinski definition) is 0. The van der Waals surface area contributed by atoms with E-state index in [4.69, 9.17) is 11.6 Å². The fourth-order valence-electron chi connectivity index (χ4n) is 1.28. The number of rotatable bonds is 2. The molecule has 0 atom stereocenters. The highest BCUT2D eigenvalue weighted by Gasteiger charge is 2.08. The Bertz CT molecular complexity index is 425. The Labute approximate surface area is 91.6 Å². The smallest absolute Gasteiger partial charge is 0.108 e. The SMILES string of the molecule is Cc1sc(CCl)nc1-c1cccnc1. The van der Waals surface area contributed by atoms with Gasteiger partial charge >= 0.3 is 0 Å². The lowest BCUT2D eigenvalue weighted by molar-refractivity contribution is 1.24. The second-order valence-corrected chi connectivity index (χ2v) is 4.44. The number of aromatic nitrogens is 2. The van der Waals surface area contributed by atoms with Crippen molar-refractivity contribution in [1.82, 2.24) is 9.97 Å². The number of pyridine rings is 1. The number of aryl methyl sites for hydroxylation is 1. The molecule has 0 saturated heterocycles. The Hall–Kier alpha value is -0.930. The Kier molecular flexibility index (Phi) is 2.79. The first kappa shape index (κ1) is 9.62. The number of halogens is 1. The van der Waals surface area contributed by atoms with Gasteiger partial charge in [-0.25, -0.2) is 4.98 Å². The molecule has 0 bridgehead atoms. The molecule has 4 heteroatoms. The first-order valence-corrected chi connectivity index (χ1v) is 5.59. The molecule has 0 N–H and O–H groups in total. The van der Waals surface area contributed by atoms with Crippen molar-refractivity contribution in [3.8, 4) is 11.3 Å². The quantitative estimate of drug-likeness (QED) is 0.732. The Morgan fingerprint density at radius 3 is 2.93 bits per heavy atom. The molecule has 0 radical (unpaired) electrons. The van der Waals surface area contributed by atoms with Gasteiger partial charge in [0.2, 0.25) is 0 Å². The van der Waals surface area contributed by atoms with Gasteiger partial charge in [-0.2, -0.15) is 0 Å². The van der Waals surface area contributed by atoms with Crippen molar-refractivity contribution in [2.24, 2.45) is 0 Å². The van der Waals surface area contributed by atoms with E-state index in [-0.39, 0.29) is 0 Å². The van der Waals surface area contributed by atoms with Crippen molar-refractivity contribution in [3.05, 3.63) is 34.4 Å². The highest BCUT2D eigenvalue weighted by atomic mass is 35.5. The second-order valence-electron chi connectivity index (χ2n) is 2.89. The highest BCUT2D eigenvalue weighted by molar-refractivity contribution is 7.12. The number of alkyl halides is 1. The molecule has 0 fully saturated rings. The van der Waals surface area contributed by atoms with Crippen LogP contribution in [0.3, 0.4) is 0 Å². The second kappa shape index (κ2) is 4.07. The van der Waals surface area contributed by atoms with Gasteiger partial charge in [-0.1, -0.05) is 0 Å². The van der Waals surface area contributed by atoms with Crippen LogP contribution in [0.2, 0.25) is 0 Å². The number of thiazole rings is 1. The maximum atomic E-state index is 5.73. The monoisotopic (exact) mass is 224 g/mol. The van der Waals surface area contributed by atoms with Crippen LogP contribution < -0.4 is 0 Å². The maximum absolute atomic E-state index is 5.73.